The molecule has 0 aliphatic carbocycles. The molecule has 4 rings (SSSR count). The Morgan fingerprint density at radius 1 is 1.19 bits per heavy atom. The number of carbonyl (C=O) groups is 1. The van der Waals surface area contributed by atoms with E-state index in [4.69, 9.17) is 9.72 Å². The van der Waals surface area contributed by atoms with E-state index < -0.39 is 5.41 Å². The maximum absolute atomic E-state index is 13.2. The molecule has 0 spiro atoms. The van der Waals surface area contributed by atoms with Crippen molar-refractivity contribution in [3.05, 3.63) is 60.2 Å². The van der Waals surface area contributed by atoms with Gasteiger partial charge >= 0.3 is 0 Å². The van der Waals surface area contributed by atoms with Gasteiger partial charge in [-0.15, -0.1) is 0 Å². The number of benzene rings is 1. The highest BCUT2D eigenvalue weighted by molar-refractivity contribution is 5.81. The van der Waals surface area contributed by atoms with Gasteiger partial charge in [-0.05, 0) is 36.4 Å². The third-order valence-corrected chi connectivity index (χ3v) is 5.46. The molecule has 1 N–H and O–H groups in total. The van der Waals surface area contributed by atoms with Gasteiger partial charge in [0.2, 0.25) is 11.9 Å². The van der Waals surface area contributed by atoms with Crippen LogP contribution in [0.15, 0.2) is 48.7 Å². The van der Waals surface area contributed by atoms with Gasteiger partial charge in [0.1, 0.15) is 17.7 Å². The first-order valence-electron chi connectivity index (χ1n) is 10.6. The van der Waals surface area contributed by atoms with Crippen LogP contribution in [0, 0.1) is 11.2 Å². The van der Waals surface area contributed by atoms with E-state index in [9.17, 15) is 9.18 Å². The number of carbonyl (C=O) groups excluding carboxylic acids is 1. The lowest BCUT2D eigenvalue weighted by Crippen LogP contribution is -2.47. The normalized spacial score (nSPS) is 16.8. The molecular formula is C24H28FN5O2. The van der Waals surface area contributed by atoms with Crippen molar-refractivity contribution in [2.75, 3.05) is 25.0 Å². The summed E-state index contributed by atoms with van der Waals surface area (Å²) in [4.78, 5) is 23.7. The molecule has 0 bridgehead atoms. The average molecular weight is 438 g/mol. The number of hydrogen-bond donors (Lipinski definition) is 1. The molecule has 1 saturated heterocycles. The second-order valence-corrected chi connectivity index (χ2v) is 8.97. The van der Waals surface area contributed by atoms with Crippen molar-refractivity contribution in [3.8, 4) is 11.3 Å². The second kappa shape index (κ2) is 8.70. The third-order valence-electron chi connectivity index (χ3n) is 5.46. The first kappa shape index (κ1) is 22.0. The lowest BCUT2D eigenvalue weighted by molar-refractivity contribution is -0.147. The molecule has 168 valence electrons. The van der Waals surface area contributed by atoms with Gasteiger partial charge in [0.05, 0.1) is 30.7 Å². The SMILES string of the molecule is Cn1c(-c2ccc(F)cc2)cnc1Nc1cccc(C2CN(C(=O)C(C)(C)C)CCO2)n1. The van der Waals surface area contributed by atoms with Gasteiger partial charge in [0.15, 0.2) is 0 Å². The summed E-state index contributed by atoms with van der Waals surface area (Å²) in [6.07, 6.45) is 1.45. The molecule has 8 heteroatoms. The predicted molar refractivity (Wildman–Crippen MR) is 121 cm³/mol. The zero-order valence-electron chi connectivity index (χ0n) is 18.8. The van der Waals surface area contributed by atoms with Crippen molar-refractivity contribution in [1.29, 1.82) is 0 Å². The van der Waals surface area contributed by atoms with Crippen molar-refractivity contribution in [1.82, 2.24) is 19.4 Å². The monoisotopic (exact) mass is 437 g/mol. The summed E-state index contributed by atoms with van der Waals surface area (Å²) in [5.74, 6) is 1.08. The van der Waals surface area contributed by atoms with Gasteiger partial charge in [-0.1, -0.05) is 26.8 Å². The summed E-state index contributed by atoms with van der Waals surface area (Å²) >= 11 is 0. The lowest BCUT2D eigenvalue weighted by Gasteiger charge is -2.36. The summed E-state index contributed by atoms with van der Waals surface area (Å²) in [6.45, 7) is 7.32. The molecule has 1 aliphatic heterocycles. The molecular weight excluding hydrogens is 409 g/mol. The molecule has 1 aromatic carbocycles. The number of anilines is 2. The van der Waals surface area contributed by atoms with E-state index in [2.05, 4.69) is 10.3 Å². The molecule has 3 heterocycles. The Kier molecular flexibility index (Phi) is 5.97. The minimum absolute atomic E-state index is 0.112. The van der Waals surface area contributed by atoms with Crippen LogP contribution in [0.1, 0.15) is 32.6 Å². The molecule has 1 unspecified atom stereocenters. The van der Waals surface area contributed by atoms with Gasteiger partial charge in [-0.2, -0.15) is 0 Å². The summed E-state index contributed by atoms with van der Waals surface area (Å²) in [5, 5.41) is 3.24. The Bertz CT molecular complexity index is 1100. The van der Waals surface area contributed by atoms with Crippen molar-refractivity contribution < 1.29 is 13.9 Å². The summed E-state index contributed by atoms with van der Waals surface area (Å²) < 4.78 is 21.1. The largest absolute Gasteiger partial charge is 0.368 e. The number of pyridine rings is 1. The Labute approximate surface area is 187 Å². The van der Waals surface area contributed by atoms with Crippen molar-refractivity contribution in [2.24, 2.45) is 12.5 Å². The molecule has 0 radical (unpaired) electrons. The fourth-order valence-electron chi connectivity index (χ4n) is 3.72. The quantitative estimate of drug-likeness (QED) is 0.659. The highest BCUT2D eigenvalue weighted by Gasteiger charge is 2.32. The number of hydrogen-bond acceptors (Lipinski definition) is 5. The van der Waals surface area contributed by atoms with Gasteiger partial charge in [-0.25, -0.2) is 14.4 Å². The third kappa shape index (κ3) is 4.65. The van der Waals surface area contributed by atoms with Gasteiger partial charge < -0.3 is 19.5 Å². The fourth-order valence-corrected chi connectivity index (χ4v) is 3.72. The molecule has 3 aromatic rings. The Balaban J connectivity index is 1.50. The second-order valence-electron chi connectivity index (χ2n) is 8.97. The Morgan fingerprint density at radius 3 is 2.66 bits per heavy atom. The molecule has 1 amide bonds. The van der Waals surface area contributed by atoms with Gasteiger partial charge in [-0.3, -0.25) is 4.79 Å². The van der Waals surface area contributed by atoms with Crippen LogP contribution < -0.4 is 5.32 Å². The number of imidazole rings is 1. The van der Waals surface area contributed by atoms with Crippen LogP contribution in [0.5, 0.6) is 0 Å². The molecule has 7 nitrogen and oxygen atoms in total. The van der Waals surface area contributed by atoms with Crippen molar-refractivity contribution in [2.45, 2.75) is 26.9 Å². The average Bonchev–Trinajstić information content (AvgIpc) is 3.13. The maximum atomic E-state index is 13.2. The number of nitrogens with zero attached hydrogens (tertiary/aromatic N) is 4. The van der Waals surface area contributed by atoms with Crippen LogP contribution in [-0.4, -0.2) is 45.0 Å². The number of halogens is 1. The van der Waals surface area contributed by atoms with E-state index in [1.807, 2.05) is 55.5 Å². The minimum atomic E-state index is -0.431. The maximum Gasteiger partial charge on any atom is 0.228 e. The highest BCUT2D eigenvalue weighted by atomic mass is 19.1. The van der Waals surface area contributed by atoms with Crippen LogP contribution in [0.25, 0.3) is 11.3 Å². The van der Waals surface area contributed by atoms with Crippen LogP contribution >= 0.6 is 0 Å². The number of rotatable bonds is 4. The van der Waals surface area contributed by atoms with Crippen molar-refractivity contribution in [3.63, 3.8) is 0 Å². The number of nitrogens with one attached hydrogen (secondary N) is 1. The molecule has 32 heavy (non-hydrogen) atoms. The van der Waals surface area contributed by atoms with E-state index in [0.717, 1.165) is 17.0 Å². The summed E-state index contributed by atoms with van der Waals surface area (Å²) in [7, 11) is 1.89. The lowest BCUT2D eigenvalue weighted by atomic mass is 9.94. The molecule has 0 saturated carbocycles. The van der Waals surface area contributed by atoms with Crippen LogP contribution in [0.4, 0.5) is 16.2 Å². The van der Waals surface area contributed by atoms with E-state index in [-0.39, 0.29) is 17.8 Å². The molecule has 1 aliphatic rings. The Hall–Kier alpha value is -3.26. The smallest absolute Gasteiger partial charge is 0.228 e. The van der Waals surface area contributed by atoms with E-state index >= 15 is 0 Å². The number of ether oxygens (including phenoxy) is 1. The van der Waals surface area contributed by atoms with E-state index in [1.54, 1.807) is 18.3 Å². The first-order valence-corrected chi connectivity index (χ1v) is 10.6. The highest BCUT2D eigenvalue weighted by Crippen LogP contribution is 2.27. The zero-order chi connectivity index (χ0) is 22.9. The first-order chi connectivity index (χ1) is 15.2. The molecule has 1 fully saturated rings. The van der Waals surface area contributed by atoms with Crippen LogP contribution in [0.3, 0.4) is 0 Å². The van der Waals surface area contributed by atoms with Crippen LogP contribution in [-0.2, 0) is 16.6 Å². The van der Waals surface area contributed by atoms with Gasteiger partial charge in [0.25, 0.3) is 0 Å². The van der Waals surface area contributed by atoms with E-state index in [0.29, 0.717) is 31.5 Å². The summed E-state index contributed by atoms with van der Waals surface area (Å²) in [6, 6.07) is 12.0. The minimum Gasteiger partial charge on any atom is -0.368 e. The number of morpholine rings is 1. The predicted octanol–water partition coefficient (Wildman–Crippen LogP) is 4.31. The topological polar surface area (TPSA) is 72.3 Å². The number of aromatic nitrogens is 3. The number of amides is 1. The van der Waals surface area contributed by atoms with Crippen molar-refractivity contribution >= 4 is 17.7 Å². The summed E-state index contributed by atoms with van der Waals surface area (Å²) in [5.41, 5.74) is 2.06. The molecule has 2 aromatic heterocycles. The van der Waals surface area contributed by atoms with Crippen LogP contribution in [0.2, 0.25) is 0 Å². The van der Waals surface area contributed by atoms with Gasteiger partial charge in [0, 0.05) is 24.6 Å². The Morgan fingerprint density at radius 2 is 1.94 bits per heavy atom. The molecule has 1 atom stereocenters. The zero-order valence-corrected chi connectivity index (χ0v) is 18.8. The van der Waals surface area contributed by atoms with E-state index in [1.165, 1.54) is 12.1 Å². The standard InChI is InChI=1S/C24H28FN5O2/c1-24(2,3)22(31)30-12-13-32-20(15-30)18-6-5-7-21(27-18)28-23-26-14-19(29(23)4)16-8-10-17(25)11-9-16/h5-11,14,20H,12-13,15H2,1-4H3,(H,26,27,28). The fraction of sp³-hybridized carbons (Fsp3) is 0.375.